The fraction of sp³-hybridized carbons (Fsp3) is 0.0714. The zero-order valence-corrected chi connectivity index (χ0v) is 12.0. The first-order valence-corrected chi connectivity index (χ1v) is 6.56. The van der Waals surface area contributed by atoms with Crippen LogP contribution in [0.1, 0.15) is 5.56 Å². The highest BCUT2D eigenvalue weighted by molar-refractivity contribution is 14.1. The van der Waals surface area contributed by atoms with Crippen LogP contribution in [0.3, 0.4) is 0 Å². The predicted molar refractivity (Wildman–Crippen MR) is 79.4 cm³/mol. The van der Waals surface area contributed by atoms with Gasteiger partial charge in [-0.1, -0.05) is 12.1 Å². The highest BCUT2D eigenvalue weighted by Gasteiger charge is 2.08. The van der Waals surface area contributed by atoms with Crippen LogP contribution in [0.5, 0.6) is 11.5 Å². The Bertz CT molecular complexity index is 635. The lowest BCUT2D eigenvalue weighted by Gasteiger charge is -2.09. The van der Waals surface area contributed by atoms with E-state index in [-0.39, 0.29) is 11.6 Å². The van der Waals surface area contributed by atoms with Gasteiger partial charge in [-0.15, -0.1) is 0 Å². The SMILES string of the molecule is N#CCc1ccc(Oc2cc(F)c(I)cc2N)cc1. The first-order valence-electron chi connectivity index (χ1n) is 5.48. The molecule has 0 aliphatic carbocycles. The molecule has 96 valence electrons. The van der Waals surface area contributed by atoms with E-state index in [9.17, 15) is 4.39 Å². The predicted octanol–water partition coefficient (Wildman–Crippen LogP) is 3.87. The standard InChI is InChI=1S/C14H10FIN2O/c15-11-7-14(13(18)8-12(11)16)19-10-3-1-9(2-4-10)5-6-17/h1-4,7-8H,5,18H2. The molecule has 0 aliphatic rings. The third-order valence-corrected chi connectivity index (χ3v) is 3.31. The Morgan fingerprint density at radius 1 is 1.26 bits per heavy atom. The van der Waals surface area contributed by atoms with Crippen molar-refractivity contribution in [2.24, 2.45) is 0 Å². The lowest BCUT2D eigenvalue weighted by Crippen LogP contribution is -1.95. The maximum atomic E-state index is 13.4. The van der Waals surface area contributed by atoms with E-state index in [0.29, 0.717) is 21.4 Å². The van der Waals surface area contributed by atoms with Gasteiger partial charge in [-0.25, -0.2) is 4.39 Å². The molecule has 19 heavy (non-hydrogen) atoms. The van der Waals surface area contributed by atoms with Crippen LogP contribution >= 0.6 is 22.6 Å². The van der Waals surface area contributed by atoms with Crippen LogP contribution in [-0.2, 0) is 6.42 Å². The van der Waals surface area contributed by atoms with E-state index >= 15 is 0 Å². The summed E-state index contributed by atoms with van der Waals surface area (Å²) in [6.07, 6.45) is 0.348. The number of anilines is 1. The van der Waals surface area contributed by atoms with E-state index in [0.717, 1.165) is 5.56 Å². The number of benzene rings is 2. The lowest BCUT2D eigenvalue weighted by molar-refractivity contribution is 0.478. The third-order valence-electron chi connectivity index (χ3n) is 2.49. The van der Waals surface area contributed by atoms with Crippen molar-refractivity contribution in [1.82, 2.24) is 0 Å². The molecule has 0 amide bonds. The Morgan fingerprint density at radius 2 is 1.95 bits per heavy atom. The molecular formula is C14H10FIN2O. The van der Waals surface area contributed by atoms with Crippen LogP contribution in [0.2, 0.25) is 0 Å². The number of ether oxygens (including phenoxy) is 1. The van der Waals surface area contributed by atoms with Gasteiger partial charge in [-0.05, 0) is 46.4 Å². The third kappa shape index (κ3) is 3.35. The van der Waals surface area contributed by atoms with E-state index in [1.165, 1.54) is 12.1 Å². The lowest BCUT2D eigenvalue weighted by atomic mass is 10.2. The van der Waals surface area contributed by atoms with Crippen LogP contribution < -0.4 is 10.5 Å². The van der Waals surface area contributed by atoms with Crippen molar-refractivity contribution in [2.75, 3.05) is 5.73 Å². The van der Waals surface area contributed by atoms with Gasteiger partial charge < -0.3 is 10.5 Å². The minimum Gasteiger partial charge on any atom is -0.455 e. The summed E-state index contributed by atoms with van der Waals surface area (Å²) >= 11 is 1.87. The summed E-state index contributed by atoms with van der Waals surface area (Å²) in [5, 5.41) is 8.58. The number of nitrogens with two attached hydrogens (primary N) is 1. The Morgan fingerprint density at radius 3 is 2.58 bits per heavy atom. The number of rotatable bonds is 3. The monoisotopic (exact) mass is 368 g/mol. The van der Waals surface area contributed by atoms with Gasteiger partial charge in [0.05, 0.1) is 21.7 Å². The second-order valence-electron chi connectivity index (χ2n) is 3.89. The summed E-state index contributed by atoms with van der Waals surface area (Å²) in [7, 11) is 0. The molecule has 0 atom stereocenters. The molecular weight excluding hydrogens is 358 g/mol. The quantitative estimate of drug-likeness (QED) is 0.661. The molecule has 3 nitrogen and oxygen atoms in total. The summed E-state index contributed by atoms with van der Waals surface area (Å²) in [5.74, 6) is 0.464. The van der Waals surface area contributed by atoms with Crippen molar-refractivity contribution >= 4 is 28.3 Å². The molecule has 0 saturated carbocycles. The fourth-order valence-electron chi connectivity index (χ4n) is 1.53. The highest BCUT2D eigenvalue weighted by Crippen LogP contribution is 2.30. The van der Waals surface area contributed by atoms with Crippen LogP contribution in [0.4, 0.5) is 10.1 Å². The van der Waals surface area contributed by atoms with E-state index in [2.05, 4.69) is 6.07 Å². The number of hydrogen-bond donors (Lipinski definition) is 1. The van der Waals surface area contributed by atoms with Crippen molar-refractivity contribution < 1.29 is 9.13 Å². The molecule has 0 saturated heterocycles. The van der Waals surface area contributed by atoms with Crippen LogP contribution in [0.25, 0.3) is 0 Å². The van der Waals surface area contributed by atoms with Gasteiger partial charge in [0.2, 0.25) is 0 Å². The van der Waals surface area contributed by atoms with E-state index in [4.69, 9.17) is 15.7 Å². The first kappa shape index (κ1) is 13.6. The molecule has 2 rings (SSSR count). The first-order chi connectivity index (χ1) is 9.10. The topological polar surface area (TPSA) is 59.0 Å². The van der Waals surface area contributed by atoms with Gasteiger partial charge in [-0.2, -0.15) is 5.26 Å². The van der Waals surface area contributed by atoms with Crippen molar-refractivity contribution in [3.63, 3.8) is 0 Å². The molecule has 0 aliphatic heterocycles. The summed E-state index contributed by atoms with van der Waals surface area (Å²) in [6, 6.07) is 11.9. The molecule has 0 radical (unpaired) electrons. The highest BCUT2D eigenvalue weighted by atomic mass is 127. The van der Waals surface area contributed by atoms with Gasteiger partial charge >= 0.3 is 0 Å². The number of hydrogen-bond acceptors (Lipinski definition) is 3. The second-order valence-corrected chi connectivity index (χ2v) is 5.05. The molecule has 0 aromatic heterocycles. The largest absolute Gasteiger partial charge is 0.455 e. The van der Waals surface area contributed by atoms with Crippen LogP contribution in [0.15, 0.2) is 36.4 Å². The molecule has 0 unspecified atom stereocenters. The summed E-state index contributed by atoms with van der Waals surface area (Å²) in [4.78, 5) is 0. The zero-order valence-electron chi connectivity index (χ0n) is 9.86. The van der Waals surface area contributed by atoms with E-state index in [1.54, 1.807) is 24.3 Å². The van der Waals surface area contributed by atoms with E-state index in [1.807, 2.05) is 22.6 Å². The number of nitrogen functional groups attached to an aromatic ring is 1. The Hall–Kier alpha value is -1.81. The van der Waals surface area contributed by atoms with Crippen molar-refractivity contribution in [3.05, 3.63) is 51.3 Å². The maximum Gasteiger partial charge on any atom is 0.153 e. The minimum absolute atomic E-state index is 0.283. The summed E-state index contributed by atoms with van der Waals surface area (Å²) in [5.41, 5.74) is 7.06. The van der Waals surface area contributed by atoms with Crippen LogP contribution in [0, 0.1) is 20.7 Å². The average molecular weight is 368 g/mol. The number of nitriles is 1. The number of nitrogens with zero attached hydrogens (tertiary/aromatic N) is 1. The van der Waals surface area contributed by atoms with Gasteiger partial charge in [0.15, 0.2) is 5.75 Å². The van der Waals surface area contributed by atoms with Crippen molar-refractivity contribution in [3.8, 4) is 17.6 Å². The molecule has 2 aromatic rings. The minimum atomic E-state index is -0.370. The molecule has 2 aromatic carbocycles. The van der Waals surface area contributed by atoms with Gasteiger partial charge in [0, 0.05) is 6.07 Å². The molecule has 2 N–H and O–H groups in total. The molecule has 0 fully saturated rings. The molecule has 0 spiro atoms. The second kappa shape index (κ2) is 5.89. The summed E-state index contributed by atoms with van der Waals surface area (Å²) in [6.45, 7) is 0. The zero-order chi connectivity index (χ0) is 13.8. The van der Waals surface area contributed by atoms with E-state index < -0.39 is 0 Å². The maximum absolute atomic E-state index is 13.4. The summed E-state index contributed by atoms with van der Waals surface area (Å²) < 4.78 is 19.4. The van der Waals surface area contributed by atoms with Crippen molar-refractivity contribution in [1.29, 1.82) is 5.26 Å². The van der Waals surface area contributed by atoms with Gasteiger partial charge in [0.1, 0.15) is 11.6 Å². The van der Waals surface area contributed by atoms with Crippen LogP contribution in [-0.4, -0.2) is 0 Å². The molecule has 5 heteroatoms. The normalized spacial score (nSPS) is 9.95. The molecule has 0 heterocycles. The van der Waals surface area contributed by atoms with Gasteiger partial charge in [-0.3, -0.25) is 0 Å². The van der Waals surface area contributed by atoms with Gasteiger partial charge in [0.25, 0.3) is 0 Å². The Kier molecular flexibility index (Phi) is 4.22. The smallest absolute Gasteiger partial charge is 0.153 e. The Labute approximate surface area is 123 Å². The fourth-order valence-corrected chi connectivity index (χ4v) is 2.02. The van der Waals surface area contributed by atoms with Crippen molar-refractivity contribution in [2.45, 2.75) is 6.42 Å². The Balaban J connectivity index is 2.22. The average Bonchev–Trinajstić information content (AvgIpc) is 2.38. The molecule has 0 bridgehead atoms. The number of halogens is 2.